The van der Waals surface area contributed by atoms with Gasteiger partial charge in [-0.15, -0.1) is 0 Å². The Hall–Kier alpha value is -2.48. The number of aryl methyl sites for hydroxylation is 1. The first-order valence-electron chi connectivity index (χ1n) is 6.93. The molecule has 0 saturated heterocycles. The van der Waals surface area contributed by atoms with Crippen LogP contribution in [0.4, 0.5) is 14.7 Å². The Balaban J connectivity index is 1.94. The number of carbonyl (C=O) groups excluding carboxylic acids is 1. The van der Waals surface area contributed by atoms with E-state index in [2.05, 4.69) is 31.0 Å². The van der Waals surface area contributed by atoms with Crippen LogP contribution in [0, 0.1) is 0 Å². The number of fused-ring (bicyclic) bond motifs is 1. The molecule has 24 heavy (non-hydrogen) atoms. The molecule has 3 aromatic rings. The Kier molecular flexibility index (Phi) is 4.48. The number of para-hydroxylation sites is 2. The van der Waals surface area contributed by atoms with Gasteiger partial charge in [-0.1, -0.05) is 28.1 Å². The number of ether oxygens (including phenoxy) is 1. The molecule has 0 spiro atoms. The third-order valence-corrected chi connectivity index (χ3v) is 3.91. The third-order valence-electron chi connectivity index (χ3n) is 3.41. The molecule has 8 heteroatoms. The molecule has 1 N–H and O–H groups in total. The van der Waals surface area contributed by atoms with E-state index in [9.17, 15) is 13.6 Å². The maximum Gasteiger partial charge on any atom is 0.387 e. The van der Waals surface area contributed by atoms with Crippen molar-refractivity contribution in [2.75, 3.05) is 5.32 Å². The van der Waals surface area contributed by atoms with E-state index in [4.69, 9.17) is 0 Å². The molecule has 3 rings (SSSR count). The molecule has 2 aromatic carbocycles. The Labute approximate surface area is 144 Å². The summed E-state index contributed by atoms with van der Waals surface area (Å²) in [5, 5.41) is 2.62. The van der Waals surface area contributed by atoms with Gasteiger partial charge in [0.1, 0.15) is 5.75 Å². The molecule has 0 radical (unpaired) electrons. The topological polar surface area (TPSA) is 56.2 Å². The number of nitrogens with one attached hydrogen (secondary N) is 1. The summed E-state index contributed by atoms with van der Waals surface area (Å²) < 4.78 is 31.7. The largest absolute Gasteiger partial charge is 0.434 e. The molecule has 1 heterocycles. The summed E-state index contributed by atoms with van der Waals surface area (Å²) in [5.74, 6) is -0.487. The van der Waals surface area contributed by atoms with Gasteiger partial charge in [0.25, 0.3) is 5.91 Å². The van der Waals surface area contributed by atoms with Crippen LogP contribution in [0.25, 0.3) is 11.0 Å². The van der Waals surface area contributed by atoms with Gasteiger partial charge in [-0.3, -0.25) is 10.1 Å². The van der Waals surface area contributed by atoms with Gasteiger partial charge in [-0.2, -0.15) is 8.78 Å². The first kappa shape index (κ1) is 16.4. The number of hydrogen-bond donors (Lipinski definition) is 1. The van der Waals surface area contributed by atoms with Gasteiger partial charge in [0.05, 0.1) is 16.6 Å². The quantitative estimate of drug-likeness (QED) is 0.720. The summed E-state index contributed by atoms with van der Waals surface area (Å²) in [7, 11) is 1.75. The third kappa shape index (κ3) is 3.23. The van der Waals surface area contributed by atoms with Crippen molar-refractivity contribution in [3.05, 3.63) is 52.5 Å². The van der Waals surface area contributed by atoms with E-state index in [0.717, 1.165) is 5.52 Å². The zero-order valence-corrected chi connectivity index (χ0v) is 14.0. The summed E-state index contributed by atoms with van der Waals surface area (Å²) in [6, 6.07) is 11.6. The maximum atomic E-state index is 12.5. The number of imidazole rings is 1. The van der Waals surface area contributed by atoms with Gasteiger partial charge in [0, 0.05) is 11.5 Å². The van der Waals surface area contributed by atoms with Crippen LogP contribution in [-0.2, 0) is 7.05 Å². The van der Waals surface area contributed by atoms with E-state index >= 15 is 0 Å². The Morgan fingerprint density at radius 2 is 2.04 bits per heavy atom. The van der Waals surface area contributed by atoms with Crippen LogP contribution in [0.2, 0.25) is 0 Å². The number of amides is 1. The van der Waals surface area contributed by atoms with E-state index < -0.39 is 12.5 Å². The van der Waals surface area contributed by atoms with Crippen molar-refractivity contribution in [3.63, 3.8) is 0 Å². The lowest BCUT2D eigenvalue weighted by Gasteiger charge is -2.11. The fourth-order valence-electron chi connectivity index (χ4n) is 2.30. The van der Waals surface area contributed by atoms with Crippen LogP contribution in [-0.4, -0.2) is 22.1 Å². The SMILES string of the molecule is Cn1c(NC(=O)c2cc(Br)ccc2OC(F)F)nc2ccccc21. The minimum atomic E-state index is -3.02. The highest BCUT2D eigenvalue weighted by Crippen LogP contribution is 2.26. The molecule has 124 valence electrons. The van der Waals surface area contributed by atoms with Gasteiger partial charge in [-0.05, 0) is 30.3 Å². The number of halogens is 3. The van der Waals surface area contributed by atoms with Crippen LogP contribution >= 0.6 is 15.9 Å². The number of benzene rings is 2. The Bertz CT molecular complexity index is 911. The molecule has 0 aliphatic heterocycles. The highest BCUT2D eigenvalue weighted by Gasteiger charge is 2.18. The summed E-state index contributed by atoms with van der Waals surface area (Å²) in [5.41, 5.74) is 1.54. The van der Waals surface area contributed by atoms with E-state index in [1.54, 1.807) is 11.6 Å². The second-order valence-corrected chi connectivity index (χ2v) is 5.87. The minimum Gasteiger partial charge on any atom is -0.434 e. The van der Waals surface area contributed by atoms with Crippen LogP contribution < -0.4 is 10.1 Å². The monoisotopic (exact) mass is 395 g/mol. The van der Waals surface area contributed by atoms with Crippen molar-refractivity contribution in [1.82, 2.24) is 9.55 Å². The fourth-order valence-corrected chi connectivity index (χ4v) is 2.67. The number of carbonyl (C=O) groups is 1. The van der Waals surface area contributed by atoms with Crippen molar-refractivity contribution in [1.29, 1.82) is 0 Å². The van der Waals surface area contributed by atoms with E-state index in [-0.39, 0.29) is 11.3 Å². The molecular weight excluding hydrogens is 384 g/mol. The zero-order valence-electron chi connectivity index (χ0n) is 12.5. The smallest absolute Gasteiger partial charge is 0.387 e. The lowest BCUT2D eigenvalue weighted by molar-refractivity contribution is -0.0501. The van der Waals surface area contributed by atoms with Gasteiger partial charge in [-0.25, -0.2) is 4.98 Å². The first-order valence-corrected chi connectivity index (χ1v) is 7.72. The average Bonchev–Trinajstić information content (AvgIpc) is 2.85. The van der Waals surface area contributed by atoms with Crippen LogP contribution in [0.3, 0.4) is 0 Å². The van der Waals surface area contributed by atoms with Gasteiger partial charge < -0.3 is 9.30 Å². The van der Waals surface area contributed by atoms with E-state index in [0.29, 0.717) is 15.9 Å². The van der Waals surface area contributed by atoms with Gasteiger partial charge in [0.15, 0.2) is 0 Å². The number of anilines is 1. The number of aromatic nitrogens is 2. The summed E-state index contributed by atoms with van der Waals surface area (Å²) in [4.78, 5) is 16.8. The normalized spacial score (nSPS) is 11.0. The summed E-state index contributed by atoms with van der Waals surface area (Å²) in [6.07, 6.45) is 0. The number of rotatable bonds is 4. The molecule has 0 bridgehead atoms. The fraction of sp³-hybridized carbons (Fsp3) is 0.125. The van der Waals surface area contributed by atoms with Gasteiger partial charge in [0.2, 0.25) is 5.95 Å². The standard InChI is InChI=1S/C16H12BrF2N3O2/c1-22-12-5-3-2-4-11(12)20-16(22)21-14(23)10-8-9(17)6-7-13(10)24-15(18)19/h2-8,15H,1H3,(H,20,21,23). The molecule has 0 aliphatic rings. The predicted molar refractivity (Wildman–Crippen MR) is 89.4 cm³/mol. The first-order chi connectivity index (χ1) is 11.5. The highest BCUT2D eigenvalue weighted by molar-refractivity contribution is 9.10. The van der Waals surface area contributed by atoms with Crippen molar-refractivity contribution in [2.24, 2.45) is 7.05 Å². The van der Waals surface area contributed by atoms with Gasteiger partial charge >= 0.3 is 6.61 Å². The molecule has 1 aromatic heterocycles. The Morgan fingerprint density at radius 3 is 2.75 bits per heavy atom. The maximum absolute atomic E-state index is 12.5. The highest BCUT2D eigenvalue weighted by atomic mass is 79.9. The van der Waals surface area contributed by atoms with E-state index in [1.807, 2.05) is 24.3 Å². The van der Waals surface area contributed by atoms with Crippen molar-refractivity contribution >= 4 is 38.8 Å². The molecule has 1 amide bonds. The zero-order chi connectivity index (χ0) is 17.3. The van der Waals surface area contributed by atoms with Crippen molar-refractivity contribution in [3.8, 4) is 5.75 Å². The number of alkyl halides is 2. The number of nitrogens with zero attached hydrogens (tertiary/aromatic N) is 2. The van der Waals surface area contributed by atoms with Crippen molar-refractivity contribution < 1.29 is 18.3 Å². The van der Waals surface area contributed by atoms with Crippen LogP contribution in [0.1, 0.15) is 10.4 Å². The second-order valence-electron chi connectivity index (χ2n) is 4.96. The summed E-state index contributed by atoms with van der Waals surface area (Å²) >= 11 is 3.21. The molecule has 0 aliphatic carbocycles. The Morgan fingerprint density at radius 1 is 1.29 bits per heavy atom. The minimum absolute atomic E-state index is 0.0169. The lowest BCUT2D eigenvalue weighted by atomic mass is 10.2. The van der Waals surface area contributed by atoms with Crippen LogP contribution in [0.15, 0.2) is 46.9 Å². The molecule has 0 unspecified atom stereocenters. The van der Waals surface area contributed by atoms with Crippen molar-refractivity contribution in [2.45, 2.75) is 6.61 Å². The van der Waals surface area contributed by atoms with E-state index in [1.165, 1.54) is 18.2 Å². The predicted octanol–water partition coefficient (Wildman–Crippen LogP) is 4.19. The van der Waals surface area contributed by atoms with Crippen LogP contribution in [0.5, 0.6) is 5.75 Å². The molecular formula is C16H12BrF2N3O2. The molecule has 0 atom stereocenters. The summed E-state index contributed by atoms with van der Waals surface area (Å²) in [6.45, 7) is -3.02. The number of hydrogen-bond acceptors (Lipinski definition) is 3. The lowest BCUT2D eigenvalue weighted by Crippen LogP contribution is -2.17. The second kappa shape index (κ2) is 6.56. The average molecular weight is 396 g/mol. The molecule has 5 nitrogen and oxygen atoms in total. The molecule has 0 fully saturated rings. The molecule has 0 saturated carbocycles.